The zero-order valence-electron chi connectivity index (χ0n) is 9.06. The SMILES string of the molecule is CC1C(C(=O)O)CCN1c1cccc(F)c1. The molecule has 0 saturated carbocycles. The first-order valence-electron chi connectivity index (χ1n) is 5.34. The summed E-state index contributed by atoms with van der Waals surface area (Å²) in [7, 11) is 0. The summed E-state index contributed by atoms with van der Waals surface area (Å²) in [6.45, 7) is 2.54. The van der Waals surface area contributed by atoms with Gasteiger partial charge in [-0.05, 0) is 31.5 Å². The van der Waals surface area contributed by atoms with Crippen molar-refractivity contribution in [2.24, 2.45) is 5.92 Å². The third-order valence-corrected chi connectivity index (χ3v) is 3.21. The van der Waals surface area contributed by atoms with Crippen molar-refractivity contribution in [3.63, 3.8) is 0 Å². The lowest BCUT2D eigenvalue weighted by atomic mass is 10.0. The van der Waals surface area contributed by atoms with Gasteiger partial charge in [-0.2, -0.15) is 0 Å². The molecule has 1 saturated heterocycles. The highest BCUT2D eigenvalue weighted by molar-refractivity contribution is 5.73. The number of hydrogen-bond donors (Lipinski definition) is 1. The van der Waals surface area contributed by atoms with Gasteiger partial charge in [-0.3, -0.25) is 4.79 Å². The molecule has 1 aliphatic heterocycles. The third kappa shape index (κ3) is 1.87. The first-order chi connectivity index (χ1) is 7.59. The molecule has 0 spiro atoms. The van der Waals surface area contributed by atoms with Crippen LogP contribution in [-0.2, 0) is 4.79 Å². The van der Waals surface area contributed by atoms with Crippen LogP contribution in [0.15, 0.2) is 24.3 Å². The normalized spacial score (nSPS) is 24.8. The van der Waals surface area contributed by atoms with Crippen LogP contribution in [0.4, 0.5) is 10.1 Å². The number of carboxylic acid groups (broad SMARTS) is 1. The van der Waals surface area contributed by atoms with E-state index in [4.69, 9.17) is 5.11 Å². The van der Waals surface area contributed by atoms with Crippen LogP contribution in [-0.4, -0.2) is 23.7 Å². The summed E-state index contributed by atoms with van der Waals surface area (Å²) in [5, 5.41) is 9.00. The number of anilines is 1. The fourth-order valence-electron chi connectivity index (χ4n) is 2.29. The van der Waals surface area contributed by atoms with Gasteiger partial charge in [0.2, 0.25) is 0 Å². The largest absolute Gasteiger partial charge is 0.481 e. The highest BCUT2D eigenvalue weighted by Crippen LogP contribution is 2.29. The van der Waals surface area contributed by atoms with Gasteiger partial charge in [-0.15, -0.1) is 0 Å². The van der Waals surface area contributed by atoms with Gasteiger partial charge in [0.05, 0.1) is 5.92 Å². The maximum absolute atomic E-state index is 13.1. The summed E-state index contributed by atoms with van der Waals surface area (Å²) in [5.74, 6) is -1.42. The van der Waals surface area contributed by atoms with Crippen molar-refractivity contribution in [1.29, 1.82) is 0 Å². The molecule has 0 amide bonds. The molecule has 2 unspecified atom stereocenters. The molecule has 1 aliphatic rings. The number of benzene rings is 1. The Morgan fingerprint density at radius 1 is 1.56 bits per heavy atom. The number of carboxylic acids is 1. The maximum Gasteiger partial charge on any atom is 0.308 e. The van der Waals surface area contributed by atoms with Crippen LogP contribution in [0.25, 0.3) is 0 Å². The molecule has 3 nitrogen and oxygen atoms in total. The minimum absolute atomic E-state index is 0.0840. The second kappa shape index (κ2) is 4.12. The Balaban J connectivity index is 2.21. The maximum atomic E-state index is 13.1. The Morgan fingerprint density at radius 2 is 2.31 bits per heavy atom. The topological polar surface area (TPSA) is 40.5 Å². The van der Waals surface area contributed by atoms with Crippen molar-refractivity contribution in [3.05, 3.63) is 30.1 Å². The van der Waals surface area contributed by atoms with Gasteiger partial charge in [0, 0.05) is 18.3 Å². The average molecular weight is 223 g/mol. The summed E-state index contributed by atoms with van der Waals surface area (Å²) in [6.07, 6.45) is 0.618. The molecule has 1 fully saturated rings. The standard InChI is InChI=1S/C12H14FNO2/c1-8-11(12(15)16)5-6-14(8)10-4-2-3-9(13)7-10/h2-4,7-8,11H,5-6H2,1H3,(H,15,16). The molecule has 1 heterocycles. The van der Waals surface area contributed by atoms with E-state index in [1.807, 2.05) is 17.9 Å². The number of carbonyl (C=O) groups is 1. The molecule has 1 N–H and O–H groups in total. The van der Waals surface area contributed by atoms with E-state index in [1.165, 1.54) is 12.1 Å². The van der Waals surface area contributed by atoms with E-state index in [0.29, 0.717) is 13.0 Å². The van der Waals surface area contributed by atoms with Crippen LogP contribution in [0.3, 0.4) is 0 Å². The van der Waals surface area contributed by atoms with E-state index in [-0.39, 0.29) is 17.8 Å². The molecule has 4 heteroatoms. The van der Waals surface area contributed by atoms with E-state index < -0.39 is 5.97 Å². The number of hydrogen-bond acceptors (Lipinski definition) is 2. The van der Waals surface area contributed by atoms with Gasteiger partial charge >= 0.3 is 5.97 Å². The van der Waals surface area contributed by atoms with Crippen LogP contribution >= 0.6 is 0 Å². The van der Waals surface area contributed by atoms with Crippen molar-refractivity contribution in [1.82, 2.24) is 0 Å². The molecule has 1 aromatic rings. The first-order valence-corrected chi connectivity index (χ1v) is 5.34. The highest BCUT2D eigenvalue weighted by Gasteiger charge is 2.35. The molecule has 16 heavy (non-hydrogen) atoms. The predicted octanol–water partition coefficient (Wildman–Crippen LogP) is 2.13. The van der Waals surface area contributed by atoms with E-state index in [1.54, 1.807) is 6.07 Å². The molecule has 2 rings (SSSR count). The minimum Gasteiger partial charge on any atom is -0.481 e. The summed E-state index contributed by atoms with van der Waals surface area (Å²) in [6, 6.07) is 6.20. The van der Waals surface area contributed by atoms with Crippen LogP contribution in [0, 0.1) is 11.7 Å². The number of nitrogens with zero attached hydrogens (tertiary/aromatic N) is 1. The Kier molecular flexibility index (Phi) is 2.81. The highest BCUT2D eigenvalue weighted by atomic mass is 19.1. The fourth-order valence-corrected chi connectivity index (χ4v) is 2.29. The zero-order valence-corrected chi connectivity index (χ0v) is 9.06. The fraction of sp³-hybridized carbons (Fsp3) is 0.417. The Hall–Kier alpha value is -1.58. The van der Waals surface area contributed by atoms with Crippen molar-refractivity contribution < 1.29 is 14.3 Å². The van der Waals surface area contributed by atoms with Crippen LogP contribution in [0.5, 0.6) is 0 Å². The summed E-state index contributed by atoms with van der Waals surface area (Å²) >= 11 is 0. The molecular formula is C12H14FNO2. The lowest BCUT2D eigenvalue weighted by Crippen LogP contribution is -2.32. The molecule has 86 valence electrons. The van der Waals surface area contributed by atoms with Crippen LogP contribution in [0.1, 0.15) is 13.3 Å². The Morgan fingerprint density at radius 3 is 2.88 bits per heavy atom. The first kappa shape index (κ1) is 10.9. The third-order valence-electron chi connectivity index (χ3n) is 3.21. The van der Waals surface area contributed by atoms with Gasteiger partial charge in [-0.25, -0.2) is 4.39 Å². The van der Waals surface area contributed by atoms with Gasteiger partial charge in [-0.1, -0.05) is 6.07 Å². The van der Waals surface area contributed by atoms with Crippen molar-refractivity contribution >= 4 is 11.7 Å². The molecule has 0 radical (unpaired) electrons. The van der Waals surface area contributed by atoms with E-state index in [0.717, 1.165) is 5.69 Å². The lowest BCUT2D eigenvalue weighted by molar-refractivity contribution is -0.141. The van der Waals surface area contributed by atoms with E-state index in [2.05, 4.69) is 0 Å². The van der Waals surface area contributed by atoms with E-state index in [9.17, 15) is 9.18 Å². The Labute approximate surface area is 93.5 Å². The smallest absolute Gasteiger partial charge is 0.308 e. The molecule has 0 aromatic heterocycles. The average Bonchev–Trinajstić information content (AvgIpc) is 2.60. The summed E-state index contributed by atoms with van der Waals surface area (Å²) in [5.41, 5.74) is 0.760. The Bertz CT molecular complexity index is 408. The van der Waals surface area contributed by atoms with Crippen LogP contribution in [0.2, 0.25) is 0 Å². The van der Waals surface area contributed by atoms with Gasteiger partial charge in [0.25, 0.3) is 0 Å². The summed E-state index contributed by atoms with van der Waals surface area (Å²) < 4.78 is 13.1. The molecular weight excluding hydrogens is 209 g/mol. The number of halogens is 1. The second-order valence-electron chi connectivity index (χ2n) is 4.15. The van der Waals surface area contributed by atoms with Gasteiger partial charge in [0.1, 0.15) is 5.82 Å². The molecule has 0 aliphatic carbocycles. The number of aliphatic carboxylic acids is 1. The predicted molar refractivity (Wildman–Crippen MR) is 59.0 cm³/mol. The van der Waals surface area contributed by atoms with E-state index >= 15 is 0 Å². The molecule has 0 bridgehead atoms. The second-order valence-corrected chi connectivity index (χ2v) is 4.15. The van der Waals surface area contributed by atoms with Crippen molar-refractivity contribution in [2.45, 2.75) is 19.4 Å². The quantitative estimate of drug-likeness (QED) is 0.834. The van der Waals surface area contributed by atoms with Gasteiger partial charge < -0.3 is 10.0 Å². The van der Waals surface area contributed by atoms with Crippen molar-refractivity contribution in [2.75, 3.05) is 11.4 Å². The molecule has 2 atom stereocenters. The molecule has 1 aromatic carbocycles. The minimum atomic E-state index is -0.772. The zero-order chi connectivity index (χ0) is 11.7. The monoisotopic (exact) mass is 223 g/mol. The van der Waals surface area contributed by atoms with Crippen molar-refractivity contribution in [3.8, 4) is 0 Å². The van der Waals surface area contributed by atoms with Crippen LogP contribution < -0.4 is 4.90 Å². The van der Waals surface area contributed by atoms with Gasteiger partial charge in [0.15, 0.2) is 0 Å². The number of rotatable bonds is 2. The summed E-state index contributed by atoms with van der Waals surface area (Å²) in [4.78, 5) is 12.9. The lowest BCUT2D eigenvalue weighted by Gasteiger charge is -2.25.